The number of nitrogens with one attached hydrogen (secondary N) is 1. The third-order valence-electron chi connectivity index (χ3n) is 3.70. The highest BCUT2D eigenvalue weighted by molar-refractivity contribution is 5.89. The molecule has 25 heavy (non-hydrogen) atoms. The van der Waals surface area contributed by atoms with Crippen LogP contribution >= 0.6 is 0 Å². The van der Waals surface area contributed by atoms with Gasteiger partial charge in [0.2, 0.25) is 0 Å². The topological polar surface area (TPSA) is 86.2 Å². The summed E-state index contributed by atoms with van der Waals surface area (Å²) in [4.78, 5) is 11.2. The molecule has 0 radical (unpaired) electrons. The number of hydrogen-bond acceptors (Lipinski definition) is 6. The zero-order valence-corrected chi connectivity index (χ0v) is 14.6. The summed E-state index contributed by atoms with van der Waals surface area (Å²) < 4.78 is 21.2. The van der Waals surface area contributed by atoms with Crippen LogP contribution in [0.3, 0.4) is 0 Å². The van der Waals surface area contributed by atoms with Gasteiger partial charge in [0.05, 0.1) is 39.7 Å². The second kappa shape index (κ2) is 8.14. The molecule has 0 atom stereocenters. The van der Waals surface area contributed by atoms with E-state index in [1.54, 1.807) is 39.5 Å². The van der Waals surface area contributed by atoms with Crippen molar-refractivity contribution in [2.24, 2.45) is 0 Å². The van der Waals surface area contributed by atoms with Gasteiger partial charge in [0, 0.05) is 18.2 Å². The molecule has 0 aliphatic rings. The van der Waals surface area contributed by atoms with Gasteiger partial charge in [0.25, 0.3) is 0 Å². The molecule has 0 saturated heterocycles. The molecule has 7 nitrogen and oxygen atoms in total. The summed E-state index contributed by atoms with van der Waals surface area (Å²) in [5, 5.41) is 12.3. The molecular weight excluding hydrogens is 326 g/mol. The van der Waals surface area contributed by atoms with Gasteiger partial charge in [0.15, 0.2) is 11.5 Å². The van der Waals surface area contributed by atoms with Crippen LogP contribution in [0.15, 0.2) is 30.3 Å². The van der Waals surface area contributed by atoms with E-state index in [9.17, 15) is 4.79 Å². The minimum Gasteiger partial charge on any atom is -0.496 e. The third kappa shape index (κ3) is 4.06. The molecule has 0 saturated carbocycles. The van der Waals surface area contributed by atoms with Crippen molar-refractivity contribution >= 4 is 11.7 Å². The van der Waals surface area contributed by atoms with Crippen molar-refractivity contribution in [3.8, 4) is 23.0 Å². The van der Waals surface area contributed by atoms with Crippen LogP contribution in [-0.4, -0.2) is 39.5 Å². The summed E-state index contributed by atoms with van der Waals surface area (Å²) in [6, 6.07) is 8.16. The number of benzene rings is 2. The Labute approximate surface area is 146 Å². The van der Waals surface area contributed by atoms with Gasteiger partial charge in [-0.1, -0.05) is 0 Å². The van der Waals surface area contributed by atoms with Crippen LogP contribution in [0.4, 0.5) is 5.69 Å². The molecule has 0 bridgehead atoms. The second-order valence-electron chi connectivity index (χ2n) is 5.09. The second-order valence-corrected chi connectivity index (χ2v) is 5.09. The summed E-state index contributed by atoms with van der Waals surface area (Å²) in [5.74, 6) is 1.30. The maximum Gasteiger partial charge on any atom is 0.335 e. The SMILES string of the molecule is COc1cc(OC)c(OC)cc1CNc1cc(C(=O)O)ccc1OC. The first-order valence-corrected chi connectivity index (χ1v) is 7.48. The Kier molecular flexibility index (Phi) is 5.94. The molecule has 2 aromatic rings. The van der Waals surface area contributed by atoms with Gasteiger partial charge in [-0.15, -0.1) is 0 Å². The van der Waals surface area contributed by atoms with Crippen molar-refractivity contribution in [1.82, 2.24) is 0 Å². The van der Waals surface area contributed by atoms with Crippen LogP contribution in [0, 0.1) is 0 Å². The zero-order valence-electron chi connectivity index (χ0n) is 14.6. The zero-order chi connectivity index (χ0) is 18.4. The fourth-order valence-corrected chi connectivity index (χ4v) is 2.40. The number of carbonyl (C=O) groups is 1. The van der Waals surface area contributed by atoms with Crippen molar-refractivity contribution in [3.05, 3.63) is 41.5 Å². The van der Waals surface area contributed by atoms with Crippen molar-refractivity contribution < 1.29 is 28.8 Å². The van der Waals surface area contributed by atoms with E-state index in [1.807, 2.05) is 0 Å². The number of rotatable bonds is 8. The number of methoxy groups -OCH3 is 4. The summed E-state index contributed by atoms with van der Waals surface area (Å²) in [5.41, 5.74) is 1.56. The number of ether oxygens (including phenoxy) is 4. The highest BCUT2D eigenvalue weighted by Gasteiger charge is 2.13. The summed E-state index contributed by atoms with van der Waals surface area (Å²) in [7, 11) is 6.20. The van der Waals surface area contributed by atoms with Crippen molar-refractivity contribution in [3.63, 3.8) is 0 Å². The number of carboxylic acid groups (broad SMARTS) is 1. The first-order valence-electron chi connectivity index (χ1n) is 7.48. The average Bonchev–Trinajstić information content (AvgIpc) is 2.64. The van der Waals surface area contributed by atoms with E-state index in [-0.39, 0.29) is 5.56 Å². The van der Waals surface area contributed by atoms with E-state index in [1.165, 1.54) is 19.2 Å². The average molecular weight is 347 g/mol. The molecule has 2 rings (SSSR count). The standard InChI is InChI=1S/C18H21NO6/c1-22-14-6-5-11(18(20)21)7-13(14)19-10-12-8-16(24-3)17(25-4)9-15(12)23-2/h5-9,19H,10H2,1-4H3,(H,20,21). The molecule has 0 aliphatic carbocycles. The molecular formula is C18H21NO6. The smallest absolute Gasteiger partial charge is 0.335 e. The van der Waals surface area contributed by atoms with Gasteiger partial charge in [-0.3, -0.25) is 0 Å². The Bertz CT molecular complexity index is 759. The monoisotopic (exact) mass is 347 g/mol. The molecule has 2 N–H and O–H groups in total. The first kappa shape index (κ1) is 18.3. The largest absolute Gasteiger partial charge is 0.496 e. The Morgan fingerprint density at radius 3 is 2.04 bits per heavy atom. The van der Waals surface area contributed by atoms with Crippen molar-refractivity contribution in [2.45, 2.75) is 6.54 Å². The quantitative estimate of drug-likeness (QED) is 0.759. The van der Waals surface area contributed by atoms with Crippen LogP contribution in [0.5, 0.6) is 23.0 Å². The van der Waals surface area contributed by atoms with Crippen LogP contribution in [0.1, 0.15) is 15.9 Å². The number of hydrogen-bond donors (Lipinski definition) is 2. The van der Waals surface area contributed by atoms with Gasteiger partial charge in [-0.25, -0.2) is 4.79 Å². The Balaban J connectivity index is 2.32. The molecule has 0 heterocycles. The Hall–Kier alpha value is -3.09. The summed E-state index contributed by atoms with van der Waals surface area (Å²) >= 11 is 0. The molecule has 134 valence electrons. The molecule has 0 fully saturated rings. The molecule has 0 unspecified atom stereocenters. The molecule has 0 spiro atoms. The predicted octanol–water partition coefficient (Wildman–Crippen LogP) is 3.03. The van der Waals surface area contributed by atoms with Gasteiger partial charge >= 0.3 is 5.97 Å². The fourth-order valence-electron chi connectivity index (χ4n) is 2.40. The molecule has 0 amide bonds. The maximum atomic E-state index is 11.2. The maximum absolute atomic E-state index is 11.2. The lowest BCUT2D eigenvalue weighted by Gasteiger charge is -2.16. The lowest BCUT2D eigenvalue weighted by molar-refractivity contribution is 0.0697. The van der Waals surface area contributed by atoms with Crippen LogP contribution in [0.25, 0.3) is 0 Å². The lowest BCUT2D eigenvalue weighted by Crippen LogP contribution is -2.06. The molecule has 0 aromatic heterocycles. The first-order chi connectivity index (χ1) is 12.0. The van der Waals surface area contributed by atoms with Crippen LogP contribution in [-0.2, 0) is 6.54 Å². The molecule has 0 aliphatic heterocycles. The van der Waals surface area contributed by atoms with E-state index in [4.69, 9.17) is 24.1 Å². The lowest BCUT2D eigenvalue weighted by atomic mass is 10.1. The van der Waals surface area contributed by atoms with Gasteiger partial charge in [-0.05, 0) is 24.3 Å². The van der Waals surface area contributed by atoms with E-state index in [0.29, 0.717) is 35.2 Å². The number of carboxylic acids is 1. The minimum atomic E-state index is -1.01. The minimum absolute atomic E-state index is 0.169. The third-order valence-corrected chi connectivity index (χ3v) is 3.70. The van der Waals surface area contributed by atoms with Crippen LogP contribution in [0.2, 0.25) is 0 Å². The van der Waals surface area contributed by atoms with Crippen molar-refractivity contribution in [2.75, 3.05) is 33.8 Å². The van der Waals surface area contributed by atoms with E-state index >= 15 is 0 Å². The molecule has 2 aromatic carbocycles. The normalized spacial score (nSPS) is 10.1. The van der Waals surface area contributed by atoms with E-state index in [2.05, 4.69) is 5.32 Å². The predicted molar refractivity (Wildman–Crippen MR) is 93.4 cm³/mol. The number of anilines is 1. The highest BCUT2D eigenvalue weighted by Crippen LogP contribution is 2.35. The van der Waals surface area contributed by atoms with E-state index < -0.39 is 5.97 Å². The van der Waals surface area contributed by atoms with Gasteiger partial charge < -0.3 is 29.4 Å². The highest BCUT2D eigenvalue weighted by atomic mass is 16.5. The Morgan fingerprint density at radius 2 is 1.48 bits per heavy atom. The summed E-state index contributed by atoms with van der Waals surface area (Å²) in [6.07, 6.45) is 0. The number of aromatic carboxylic acids is 1. The van der Waals surface area contributed by atoms with Gasteiger partial charge in [-0.2, -0.15) is 0 Å². The van der Waals surface area contributed by atoms with Gasteiger partial charge in [0.1, 0.15) is 11.5 Å². The van der Waals surface area contributed by atoms with Crippen LogP contribution < -0.4 is 24.3 Å². The molecule has 7 heteroatoms. The van der Waals surface area contributed by atoms with Crippen molar-refractivity contribution in [1.29, 1.82) is 0 Å². The fraction of sp³-hybridized carbons (Fsp3) is 0.278. The van der Waals surface area contributed by atoms with E-state index in [0.717, 1.165) is 5.56 Å². The summed E-state index contributed by atoms with van der Waals surface area (Å²) in [6.45, 7) is 0.378. The Morgan fingerprint density at radius 1 is 0.880 bits per heavy atom.